The molecule has 0 bridgehead atoms. The Labute approximate surface area is 235 Å². The molecule has 214 valence electrons. The van der Waals surface area contributed by atoms with Crippen molar-refractivity contribution in [2.45, 2.75) is 18.4 Å². The van der Waals surface area contributed by atoms with Crippen molar-refractivity contribution >= 4 is 21.7 Å². The number of nitrogens with zero attached hydrogens (tertiary/aromatic N) is 1. The Morgan fingerprint density at radius 3 is 2.27 bits per heavy atom. The first-order valence-corrected chi connectivity index (χ1v) is 14.5. The number of aromatic nitrogens is 2. The SMILES string of the molecule is CS(=O)(=O)CCC(NC(=O)c1ccc(OCC(c2ccc(F)cc2)c2ncc[nH]2)cc1-c1ccc(F)cc1)C(=O)O. The molecule has 0 spiro atoms. The molecule has 0 aliphatic rings. The van der Waals surface area contributed by atoms with Crippen LogP contribution in [0, 0.1) is 11.6 Å². The number of imidazole rings is 1. The third-order valence-corrected chi connectivity index (χ3v) is 7.29. The molecule has 2 unspecified atom stereocenters. The van der Waals surface area contributed by atoms with E-state index < -0.39 is 39.3 Å². The number of sulfone groups is 1. The first-order chi connectivity index (χ1) is 19.5. The van der Waals surface area contributed by atoms with Gasteiger partial charge in [0.2, 0.25) is 0 Å². The molecular formula is C29H27F2N3O6S. The molecule has 3 aromatic carbocycles. The summed E-state index contributed by atoms with van der Waals surface area (Å²) in [5.41, 5.74) is 1.63. The van der Waals surface area contributed by atoms with Crippen molar-refractivity contribution in [2.24, 2.45) is 0 Å². The van der Waals surface area contributed by atoms with E-state index in [1.54, 1.807) is 30.6 Å². The summed E-state index contributed by atoms with van der Waals surface area (Å²) in [5.74, 6) is -2.86. The van der Waals surface area contributed by atoms with E-state index in [2.05, 4.69) is 15.3 Å². The van der Waals surface area contributed by atoms with Gasteiger partial charge in [0.1, 0.15) is 45.7 Å². The molecular weight excluding hydrogens is 556 g/mol. The average molecular weight is 584 g/mol. The van der Waals surface area contributed by atoms with Crippen LogP contribution < -0.4 is 10.1 Å². The van der Waals surface area contributed by atoms with Crippen molar-refractivity contribution in [3.8, 4) is 16.9 Å². The third-order valence-electron chi connectivity index (χ3n) is 6.31. The molecule has 12 heteroatoms. The van der Waals surface area contributed by atoms with E-state index in [0.29, 0.717) is 22.7 Å². The molecule has 2 atom stereocenters. The Morgan fingerprint density at radius 1 is 1.02 bits per heavy atom. The van der Waals surface area contributed by atoms with Crippen molar-refractivity contribution in [3.63, 3.8) is 0 Å². The van der Waals surface area contributed by atoms with Gasteiger partial charge in [0.15, 0.2) is 0 Å². The predicted octanol–water partition coefficient (Wildman–Crippen LogP) is 4.18. The fraction of sp³-hybridized carbons (Fsp3) is 0.207. The van der Waals surface area contributed by atoms with E-state index in [-0.39, 0.29) is 30.3 Å². The maximum Gasteiger partial charge on any atom is 0.326 e. The summed E-state index contributed by atoms with van der Waals surface area (Å²) in [6.07, 6.45) is 3.91. The highest BCUT2D eigenvalue weighted by Gasteiger charge is 2.25. The lowest BCUT2D eigenvalue weighted by molar-refractivity contribution is -0.139. The van der Waals surface area contributed by atoms with Crippen LogP contribution in [0.15, 0.2) is 79.1 Å². The molecule has 3 N–H and O–H groups in total. The minimum absolute atomic E-state index is 0.0793. The summed E-state index contributed by atoms with van der Waals surface area (Å²) in [6.45, 7) is 0.0973. The van der Waals surface area contributed by atoms with Crippen LogP contribution in [0.5, 0.6) is 5.75 Å². The molecule has 0 fully saturated rings. The Morgan fingerprint density at radius 2 is 1.68 bits per heavy atom. The normalized spacial score (nSPS) is 12.9. The van der Waals surface area contributed by atoms with Gasteiger partial charge in [-0.25, -0.2) is 27.0 Å². The van der Waals surface area contributed by atoms with Gasteiger partial charge in [-0.15, -0.1) is 0 Å². The molecule has 1 heterocycles. The number of carboxylic acids is 1. The number of halogens is 2. The number of H-pyrrole nitrogens is 1. The Kier molecular flexibility index (Phi) is 9.13. The summed E-state index contributed by atoms with van der Waals surface area (Å²) in [4.78, 5) is 32.3. The van der Waals surface area contributed by atoms with Gasteiger partial charge >= 0.3 is 5.97 Å². The fourth-order valence-corrected chi connectivity index (χ4v) is 4.84. The lowest BCUT2D eigenvalue weighted by Gasteiger charge is -2.19. The van der Waals surface area contributed by atoms with E-state index in [0.717, 1.165) is 11.8 Å². The highest BCUT2D eigenvalue weighted by atomic mass is 32.2. The van der Waals surface area contributed by atoms with E-state index in [1.807, 2.05) is 0 Å². The maximum absolute atomic E-state index is 13.7. The lowest BCUT2D eigenvalue weighted by atomic mass is 9.97. The van der Waals surface area contributed by atoms with Gasteiger partial charge in [0, 0.05) is 24.2 Å². The number of carbonyl (C=O) groups excluding carboxylic acids is 1. The summed E-state index contributed by atoms with van der Waals surface area (Å²) < 4.78 is 56.3. The summed E-state index contributed by atoms with van der Waals surface area (Å²) >= 11 is 0. The van der Waals surface area contributed by atoms with Crippen molar-refractivity contribution in [1.29, 1.82) is 0 Å². The van der Waals surface area contributed by atoms with Gasteiger partial charge in [-0.2, -0.15) is 0 Å². The largest absolute Gasteiger partial charge is 0.492 e. The molecule has 0 saturated carbocycles. The van der Waals surface area contributed by atoms with E-state index >= 15 is 0 Å². The van der Waals surface area contributed by atoms with Crippen LogP contribution >= 0.6 is 0 Å². The van der Waals surface area contributed by atoms with Gasteiger partial charge in [-0.1, -0.05) is 24.3 Å². The van der Waals surface area contributed by atoms with Crippen LogP contribution in [-0.4, -0.2) is 60.0 Å². The van der Waals surface area contributed by atoms with Gasteiger partial charge < -0.3 is 20.1 Å². The van der Waals surface area contributed by atoms with Gasteiger partial charge in [0.25, 0.3) is 5.91 Å². The third kappa shape index (κ3) is 7.98. The number of aromatic amines is 1. The van der Waals surface area contributed by atoms with Crippen LogP contribution in [0.1, 0.15) is 34.1 Å². The number of hydrogen-bond donors (Lipinski definition) is 3. The minimum atomic E-state index is -3.46. The molecule has 1 amide bonds. The molecule has 9 nitrogen and oxygen atoms in total. The molecule has 0 saturated heterocycles. The van der Waals surface area contributed by atoms with Crippen molar-refractivity contribution < 1.29 is 36.6 Å². The fourth-order valence-electron chi connectivity index (χ4n) is 4.18. The number of ether oxygens (including phenoxy) is 1. The first-order valence-electron chi connectivity index (χ1n) is 12.5. The Bertz CT molecular complexity index is 1610. The predicted molar refractivity (Wildman–Crippen MR) is 147 cm³/mol. The van der Waals surface area contributed by atoms with Gasteiger partial charge in [0.05, 0.1) is 11.7 Å². The second-order valence-corrected chi connectivity index (χ2v) is 11.6. The number of carbonyl (C=O) groups is 2. The number of nitrogens with one attached hydrogen (secondary N) is 2. The second-order valence-electron chi connectivity index (χ2n) is 9.39. The van der Waals surface area contributed by atoms with E-state index in [1.165, 1.54) is 48.5 Å². The monoisotopic (exact) mass is 583 g/mol. The first kappa shape index (κ1) is 29.4. The average Bonchev–Trinajstić information content (AvgIpc) is 3.46. The number of amides is 1. The smallest absolute Gasteiger partial charge is 0.326 e. The van der Waals surface area contributed by atoms with Crippen LogP contribution in [0.3, 0.4) is 0 Å². The molecule has 0 radical (unpaired) electrons. The zero-order valence-electron chi connectivity index (χ0n) is 21.9. The molecule has 41 heavy (non-hydrogen) atoms. The van der Waals surface area contributed by atoms with E-state index in [9.17, 15) is 31.9 Å². The lowest BCUT2D eigenvalue weighted by Crippen LogP contribution is -2.42. The van der Waals surface area contributed by atoms with E-state index in [4.69, 9.17) is 4.74 Å². The number of carboxylic acid groups (broad SMARTS) is 1. The standard InChI is InChI=1S/C29H27F2N3O6S/c1-41(38,39)15-12-26(29(36)37)34-28(35)23-11-10-22(16-24(23)18-2-6-20(30)7-3-18)40-17-25(27-32-13-14-33-27)19-4-8-21(31)9-5-19/h2-11,13-14,16,25-26H,12,15,17H2,1H3,(H,32,33)(H,34,35)(H,36,37). The molecule has 4 rings (SSSR count). The van der Waals surface area contributed by atoms with Gasteiger partial charge in [-0.05, 0) is 65.6 Å². The summed E-state index contributed by atoms with van der Waals surface area (Å²) in [7, 11) is -3.46. The van der Waals surface area contributed by atoms with Crippen LogP contribution in [0.4, 0.5) is 8.78 Å². The Balaban J connectivity index is 1.62. The topological polar surface area (TPSA) is 138 Å². The second kappa shape index (κ2) is 12.7. The maximum atomic E-state index is 13.7. The zero-order valence-corrected chi connectivity index (χ0v) is 22.7. The zero-order chi connectivity index (χ0) is 29.6. The number of benzene rings is 3. The number of aliphatic carboxylic acids is 1. The highest BCUT2D eigenvalue weighted by Crippen LogP contribution is 2.30. The Hall–Kier alpha value is -4.58. The van der Waals surface area contributed by atoms with Crippen molar-refractivity contribution in [1.82, 2.24) is 15.3 Å². The minimum Gasteiger partial charge on any atom is -0.492 e. The molecule has 4 aromatic rings. The van der Waals surface area contributed by atoms with Crippen LogP contribution in [0.25, 0.3) is 11.1 Å². The molecule has 0 aliphatic heterocycles. The number of rotatable bonds is 12. The summed E-state index contributed by atoms with van der Waals surface area (Å²) in [6, 6.07) is 14.4. The van der Waals surface area contributed by atoms with Crippen LogP contribution in [-0.2, 0) is 14.6 Å². The molecule has 1 aromatic heterocycles. The number of hydrogen-bond acceptors (Lipinski definition) is 6. The quantitative estimate of drug-likeness (QED) is 0.227. The van der Waals surface area contributed by atoms with Crippen molar-refractivity contribution in [2.75, 3.05) is 18.6 Å². The van der Waals surface area contributed by atoms with Crippen molar-refractivity contribution in [3.05, 3.63) is 108 Å². The highest BCUT2D eigenvalue weighted by molar-refractivity contribution is 7.90. The van der Waals surface area contributed by atoms with Gasteiger partial charge in [-0.3, -0.25) is 4.79 Å². The summed E-state index contributed by atoms with van der Waals surface area (Å²) in [5, 5.41) is 11.9. The van der Waals surface area contributed by atoms with Crippen LogP contribution in [0.2, 0.25) is 0 Å². The molecule has 0 aliphatic carbocycles.